The number of esters is 1. The zero-order chi connectivity index (χ0) is 20.7. The Morgan fingerprint density at radius 2 is 1.62 bits per heavy atom. The maximum Gasteiger partial charge on any atom is 0.335 e. The van der Waals surface area contributed by atoms with E-state index in [9.17, 15) is 4.79 Å². The Morgan fingerprint density at radius 1 is 0.897 bits per heavy atom. The summed E-state index contributed by atoms with van der Waals surface area (Å²) in [5.41, 5.74) is 3.25. The Bertz CT molecular complexity index is 732. The minimum Gasteiger partial charge on any atom is -0.423 e. The van der Waals surface area contributed by atoms with Gasteiger partial charge in [-0.1, -0.05) is 64.5 Å². The Labute approximate surface area is 176 Å². The highest BCUT2D eigenvalue weighted by atomic mass is 16.5. The molecule has 3 nitrogen and oxygen atoms in total. The van der Waals surface area contributed by atoms with Crippen molar-refractivity contribution in [3.63, 3.8) is 0 Å². The molecule has 0 aliphatic carbocycles. The van der Waals surface area contributed by atoms with Crippen LogP contribution in [0.25, 0.3) is 11.3 Å². The molecule has 0 saturated carbocycles. The largest absolute Gasteiger partial charge is 0.423 e. The number of allylic oxidation sites excluding steroid dienone is 1. The predicted octanol–water partition coefficient (Wildman–Crippen LogP) is 7.30. The van der Waals surface area contributed by atoms with E-state index in [1.165, 1.54) is 56.6 Å². The fraction of sp³-hybridized carbons (Fsp3) is 0.462. The van der Waals surface area contributed by atoms with E-state index in [2.05, 4.69) is 31.0 Å². The molecule has 0 amide bonds. The average molecular weight is 394 g/mol. The lowest BCUT2D eigenvalue weighted by molar-refractivity contribution is -0.129. The van der Waals surface area contributed by atoms with Gasteiger partial charge >= 0.3 is 5.97 Å². The Kier molecular flexibility index (Phi) is 10.8. The van der Waals surface area contributed by atoms with Gasteiger partial charge in [-0.05, 0) is 61.6 Å². The van der Waals surface area contributed by atoms with Crippen LogP contribution in [0.2, 0.25) is 0 Å². The molecule has 0 fully saturated rings. The van der Waals surface area contributed by atoms with Crippen molar-refractivity contribution in [2.24, 2.45) is 0 Å². The van der Waals surface area contributed by atoms with Crippen molar-refractivity contribution in [2.75, 3.05) is 0 Å². The Hall–Kier alpha value is -2.42. The van der Waals surface area contributed by atoms with Gasteiger partial charge in [-0.3, -0.25) is 4.98 Å². The summed E-state index contributed by atoms with van der Waals surface area (Å²) < 4.78 is 5.36. The van der Waals surface area contributed by atoms with Gasteiger partial charge in [0.2, 0.25) is 0 Å². The highest BCUT2D eigenvalue weighted by Crippen LogP contribution is 2.21. The van der Waals surface area contributed by atoms with E-state index in [1.54, 1.807) is 0 Å². The maximum atomic E-state index is 11.9. The first-order valence-electron chi connectivity index (χ1n) is 11.2. The lowest BCUT2D eigenvalue weighted by Crippen LogP contribution is -2.03. The molecule has 156 valence electrons. The number of aromatic nitrogens is 1. The van der Waals surface area contributed by atoms with Gasteiger partial charge in [-0.25, -0.2) is 4.79 Å². The monoisotopic (exact) mass is 393 g/mol. The molecule has 0 unspecified atom stereocenters. The number of nitrogens with zero attached hydrogens (tertiary/aromatic N) is 1. The van der Waals surface area contributed by atoms with Crippen LogP contribution in [-0.2, 0) is 11.2 Å². The standard InChI is InChI=1S/C26H35NO2/c1-3-5-7-9-11-13-22-15-20-25(27-21-22)23-16-18-24(19-17-23)29-26(28)14-12-10-8-6-4-2/h12,14-21H,3-11,13H2,1-2H3/b14-12+. The summed E-state index contributed by atoms with van der Waals surface area (Å²) in [6.45, 7) is 4.41. The third kappa shape index (κ3) is 9.08. The van der Waals surface area contributed by atoms with Gasteiger partial charge in [0.05, 0.1) is 5.69 Å². The van der Waals surface area contributed by atoms with Gasteiger partial charge in [0.25, 0.3) is 0 Å². The van der Waals surface area contributed by atoms with E-state index < -0.39 is 0 Å². The third-order valence-corrected chi connectivity index (χ3v) is 4.99. The van der Waals surface area contributed by atoms with E-state index in [4.69, 9.17) is 4.74 Å². The summed E-state index contributed by atoms with van der Waals surface area (Å²) in [4.78, 5) is 16.5. The van der Waals surface area contributed by atoms with Gasteiger partial charge in [0, 0.05) is 17.8 Å². The minimum absolute atomic E-state index is 0.323. The number of rotatable bonds is 13. The minimum atomic E-state index is -0.323. The van der Waals surface area contributed by atoms with E-state index in [0.717, 1.165) is 30.5 Å². The number of carbonyl (C=O) groups is 1. The van der Waals surface area contributed by atoms with Crippen LogP contribution in [0.3, 0.4) is 0 Å². The van der Waals surface area contributed by atoms with Crippen molar-refractivity contribution >= 4 is 5.97 Å². The molecule has 0 aliphatic rings. The number of pyridine rings is 1. The van der Waals surface area contributed by atoms with Gasteiger partial charge < -0.3 is 4.74 Å². The highest BCUT2D eigenvalue weighted by molar-refractivity contribution is 5.84. The third-order valence-electron chi connectivity index (χ3n) is 4.99. The number of aryl methyl sites for hydroxylation is 1. The molecule has 2 aromatic rings. The number of hydrogen-bond donors (Lipinski definition) is 0. The van der Waals surface area contributed by atoms with Gasteiger partial charge in [0.1, 0.15) is 5.75 Å². The molecule has 0 N–H and O–H groups in total. The van der Waals surface area contributed by atoms with Gasteiger partial charge in [-0.15, -0.1) is 0 Å². The van der Waals surface area contributed by atoms with Crippen LogP contribution >= 0.6 is 0 Å². The summed E-state index contributed by atoms with van der Waals surface area (Å²) in [6.07, 6.45) is 17.4. The molecule has 0 radical (unpaired) electrons. The number of carbonyl (C=O) groups excluding carboxylic acids is 1. The normalized spacial score (nSPS) is 11.1. The van der Waals surface area contributed by atoms with Crippen molar-refractivity contribution < 1.29 is 9.53 Å². The molecule has 0 bridgehead atoms. The molecule has 29 heavy (non-hydrogen) atoms. The Morgan fingerprint density at radius 3 is 2.31 bits per heavy atom. The molecule has 1 heterocycles. The van der Waals surface area contributed by atoms with Crippen LogP contribution in [0.15, 0.2) is 54.7 Å². The van der Waals surface area contributed by atoms with Crippen molar-refractivity contribution in [3.8, 4) is 17.0 Å². The Balaban J connectivity index is 1.81. The van der Waals surface area contributed by atoms with E-state index >= 15 is 0 Å². The molecule has 1 aromatic carbocycles. The van der Waals surface area contributed by atoms with Gasteiger partial charge in [0.15, 0.2) is 0 Å². The molecule has 0 atom stereocenters. The molecule has 0 aliphatic heterocycles. The van der Waals surface area contributed by atoms with E-state index in [1.807, 2.05) is 36.5 Å². The number of unbranched alkanes of at least 4 members (excludes halogenated alkanes) is 7. The fourth-order valence-electron chi connectivity index (χ4n) is 3.21. The smallest absolute Gasteiger partial charge is 0.335 e. The molecular formula is C26H35NO2. The lowest BCUT2D eigenvalue weighted by Gasteiger charge is -2.06. The summed E-state index contributed by atoms with van der Waals surface area (Å²) in [6, 6.07) is 11.8. The molecule has 0 saturated heterocycles. The number of benzene rings is 1. The first kappa shape index (κ1) is 22.9. The van der Waals surface area contributed by atoms with Crippen LogP contribution in [0.5, 0.6) is 5.75 Å². The second-order valence-corrected chi connectivity index (χ2v) is 7.56. The first-order chi connectivity index (χ1) is 14.2. The second kappa shape index (κ2) is 13.7. The quantitative estimate of drug-likeness (QED) is 0.155. The molecule has 1 aromatic heterocycles. The second-order valence-electron chi connectivity index (χ2n) is 7.56. The highest BCUT2D eigenvalue weighted by Gasteiger charge is 2.04. The van der Waals surface area contributed by atoms with E-state index in [0.29, 0.717) is 5.75 Å². The first-order valence-corrected chi connectivity index (χ1v) is 11.2. The van der Waals surface area contributed by atoms with Crippen LogP contribution in [0.1, 0.15) is 77.2 Å². The molecule has 2 rings (SSSR count). The lowest BCUT2D eigenvalue weighted by atomic mass is 10.1. The number of hydrogen-bond acceptors (Lipinski definition) is 3. The predicted molar refractivity (Wildman–Crippen MR) is 121 cm³/mol. The summed E-state index contributed by atoms with van der Waals surface area (Å²) >= 11 is 0. The van der Waals surface area contributed by atoms with Crippen LogP contribution in [0, 0.1) is 0 Å². The van der Waals surface area contributed by atoms with Crippen molar-refractivity contribution in [1.29, 1.82) is 0 Å². The fourth-order valence-corrected chi connectivity index (χ4v) is 3.21. The zero-order valence-electron chi connectivity index (χ0n) is 18.0. The summed E-state index contributed by atoms with van der Waals surface area (Å²) in [5, 5.41) is 0. The van der Waals surface area contributed by atoms with Gasteiger partial charge in [-0.2, -0.15) is 0 Å². The molecular weight excluding hydrogens is 358 g/mol. The summed E-state index contributed by atoms with van der Waals surface area (Å²) in [7, 11) is 0. The topological polar surface area (TPSA) is 39.2 Å². The van der Waals surface area contributed by atoms with Crippen molar-refractivity contribution in [2.45, 2.75) is 78.1 Å². The summed E-state index contributed by atoms with van der Waals surface area (Å²) in [5.74, 6) is 0.233. The van der Waals surface area contributed by atoms with Crippen LogP contribution in [-0.4, -0.2) is 11.0 Å². The molecule has 3 heteroatoms. The SMILES string of the molecule is CCCCC/C=C/C(=O)Oc1ccc(-c2ccc(CCCCCCC)cn2)cc1. The van der Waals surface area contributed by atoms with Crippen LogP contribution < -0.4 is 4.74 Å². The van der Waals surface area contributed by atoms with E-state index in [-0.39, 0.29) is 5.97 Å². The van der Waals surface area contributed by atoms with Crippen molar-refractivity contribution in [3.05, 3.63) is 60.3 Å². The van der Waals surface area contributed by atoms with Crippen molar-refractivity contribution in [1.82, 2.24) is 4.98 Å². The maximum absolute atomic E-state index is 11.9. The zero-order valence-corrected chi connectivity index (χ0v) is 18.0. The van der Waals surface area contributed by atoms with Crippen LogP contribution in [0.4, 0.5) is 0 Å². The molecule has 0 spiro atoms. The average Bonchev–Trinajstić information content (AvgIpc) is 2.74. The number of ether oxygens (including phenoxy) is 1.